The number of hydrogen-bond donors (Lipinski definition) is 2. The number of fused-ring (bicyclic) bond motifs is 1. The predicted octanol–water partition coefficient (Wildman–Crippen LogP) is 4.04. The van der Waals surface area contributed by atoms with Gasteiger partial charge in [0.25, 0.3) is 5.91 Å². The van der Waals surface area contributed by atoms with Crippen molar-refractivity contribution in [2.24, 2.45) is 5.92 Å². The van der Waals surface area contributed by atoms with Gasteiger partial charge in [-0.1, -0.05) is 12.1 Å². The maximum atomic E-state index is 13.6. The second-order valence-corrected chi connectivity index (χ2v) is 8.40. The van der Waals surface area contributed by atoms with Crippen LogP contribution >= 0.6 is 0 Å². The number of pyridine rings is 1. The molecule has 2 aromatic heterocycles. The van der Waals surface area contributed by atoms with E-state index in [-0.39, 0.29) is 11.8 Å². The fraction of sp³-hybridized carbons (Fsp3) is 0.269. The van der Waals surface area contributed by atoms with Crippen LogP contribution in [0.4, 0.5) is 11.5 Å². The zero-order valence-electron chi connectivity index (χ0n) is 19.0. The molecule has 3 heterocycles. The number of aromatic amines is 1. The van der Waals surface area contributed by atoms with E-state index in [1.165, 1.54) is 5.56 Å². The van der Waals surface area contributed by atoms with E-state index in [0.29, 0.717) is 37.7 Å². The van der Waals surface area contributed by atoms with Gasteiger partial charge >= 0.3 is 0 Å². The number of carbonyl (C=O) groups is 1. The highest BCUT2D eigenvalue weighted by Crippen LogP contribution is 2.25. The highest BCUT2D eigenvalue weighted by atomic mass is 16.5. The molecule has 0 radical (unpaired) electrons. The molecule has 1 aliphatic rings. The molecule has 0 aliphatic carbocycles. The summed E-state index contributed by atoms with van der Waals surface area (Å²) < 4.78 is 11.1. The van der Waals surface area contributed by atoms with Crippen LogP contribution in [0.1, 0.15) is 15.9 Å². The summed E-state index contributed by atoms with van der Waals surface area (Å²) in [7, 11) is 1.63. The fourth-order valence-corrected chi connectivity index (χ4v) is 4.37. The molecule has 0 bridgehead atoms. The summed E-state index contributed by atoms with van der Waals surface area (Å²) in [6.45, 7) is 2.29. The van der Waals surface area contributed by atoms with Gasteiger partial charge in [0.2, 0.25) is 0 Å². The highest BCUT2D eigenvalue weighted by molar-refractivity contribution is 5.99. The number of benzene rings is 2. The lowest BCUT2D eigenvalue weighted by atomic mass is 9.97. The number of anilines is 2. The monoisotopic (exact) mass is 457 g/mol. The molecule has 0 spiro atoms. The Bertz CT molecular complexity index is 1270. The number of nitrogens with one attached hydrogen (secondary N) is 2. The standard InChI is InChI=1S/C26H27N5O3/c1-33-21-9-7-20(8-10-21)29-25-22(5-3-11-27-25)26(32)31-12-13-34-17-18(16-31)14-19-4-2-6-24-23(19)15-28-30-24/h2-11,15,18H,12-14,16-17H2,1H3,(H,27,29)(H,28,30)/t18-/m1/s1. The first-order chi connectivity index (χ1) is 16.7. The highest BCUT2D eigenvalue weighted by Gasteiger charge is 2.26. The van der Waals surface area contributed by atoms with Crippen molar-refractivity contribution < 1.29 is 14.3 Å². The zero-order chi connectivity index (χ0) is 23.3. The molecule has 2 aromatic carbocycles. The van der Waals surface area contributed by atoms with Crippen LogP contribution < -0.4 is 10.1 Å². The van der Waals surface area contributed by atoms with Gasteiger partial charge in [-0.15, -0.1) is 0 Å². The molecule has 8 nitrogen and oxygen atoms in total. The van der Waals surface area contributed by atoms with Crippen LogP contribution in [-0.4, -0.2) is 59.4 Å². The molecule has 2 N–H and O–H groups in total. The Labute approximate surface area is 197 Å². The summed E-state index contributed by atoms with van der Waals surface area (Å²) in [6, 6.07) is 17.3. The van der Waals surface area contributed by atoms with Crippen molar-refractivity contribution in [3.8, 4) is 5.75 Å². The minimum absolute atomic E-state index is 0.0545. The van der Waals surface area contributed by atoms with Crippen LogP contribution in [0.3, 0.4) is 0 Å². The number of H-pyrrole nitrogens is 1. The molecule has 1 saturated heterocycles. The number of nitrogens with zero attached hydrogens (tertiary/aromatic N) is 3. The molecular formula is C26H27N5O3. The van der Waals surface area contributed by atoms with Crippen LogP contribution in [0, 0.1) is 5.92 Å². The third-order valence-electron chi connectivity index (χ3n) is 6.10. The van der Waals surface area contributed by atoms with Crippen LogP contribution in [-0.2, 0) is 11.2 Å². The lowest BCUT2D eigenvalue weighted by molar-refractivity contribution is 0.0738. The smallest absolute Gasteiger partial charge is 0.257 e. The van der Waals surface area contributed by atoms with E-state index in [1.54, 1.807) is 19.4 Å². The zero-order valence-corrected chi connectivity index (χ0v) is 19.0. The maximum Gasteiger partial charge on any atom is 0.257 e. The van der Waals surface area contributed by atoms with Gasteiger partial charge in [-0.05, 0) is 54.4 Å². The van der Waals surface area contributed by atoms with E-state index in [1.807, 2.05) is 53.6 Å². The van der Waals surface area contributed by atoms with E-state index in [2.05, 4.69) is 26.6 Å². The number of amides is 1. The Morgan fingerprint density at radius 3 is 2.94 bits per heavy atom. The van der Waals surface area contributed by atoms with Gasteiger partial charge in [-0.25, -0.2) is 4.98 Å². The summed E-state index contributed by atoms with van der Waals surface area (Å²) in [6.07, 6.45) is 4.35. The molecular weight excluding hydrogens is 430 g/mol. The van der Waals surface area contributed by atoms with Crippen molar-refractivity contribution in [2.45, 2.75) is 6.42 Å². The normalized spacial score (nSPS) is 16.3. The van der Waals surface area contributed by atoms with Crippen molar-refractivity contribution in [3.05, 3.63) is 78.1 Å². The van der Waals surface area contributed by atoms with E-state index < -0.39 is 0 Å². The van der Waals surface area contributed by atoms with Gasteiger partial charge in [-0.2, -0.15) is 5.10 Å². The van der Waals surface area contributed by atoms with Crippen LogP contribution in [0.2, 0.25) is 0 Å². The summed E-state index contributed by atoms with van der Waals surface area (Å²) >= 11 is 0. The average Bonchev–Trinajstić information content (AvgIpc) is 3.24. The molecule has 1 atom stereocenters. The Morgan fingerprint density at radius 1 is 1.21 bits per heavy atom. The van der Waals surface area contributed by atoms with Gasteiger partial charge in [0, 0.05) is 36.3 Å². The predicted molar refractivity (Wildman–Crippen MR) is 131 cm³/mol. The topological polar surface area (TPSA) is 92.4 Å². The number of hydrogen-bond acceptors (Lipinski definition) is 6. The second-order valence-electron chi connectivity index (χ2n) is 8.40. The second kappa shape index (κ2) is 9.93. The number of ether oxygens (including phenoxy) is 2. The molecule has 8 heteroatoms. The van der Waals surface area contributed by atoms with Crippen LogP contribution in [0.25, 0.3) is 10.9 Å². The molecule has 1 aliphatic heterocycles. The van der Waals surface area contributed by atoms with E-state index in [4.69, 9.17) is 9.47 Å². The molecule has 0 saturated carbocycles. The molecule has 0 unspecified atom stereocenters. The number of aromatic nitrogens is 3. The summed E-state index contributed by atoms with van der Waals surface area (Å²) in [5, 5.41) is 11.6. The third kappa shape index (κ3) is 4.72. The van der Waals surface area contributed by atoms with Crippen LogP contribution in [0.5, 0.6) is 5.75 Å². The van der Waals surface area contributed by atoms with Gasteiger partial charge in [-0.3, -0.25) is 9.89 Å². The number of carbonyl (C=O) groups excluding carboxylic acids is 1. The van der Waals surface area contributed by atoms with E-state index >= 15 is 0 Å². The molecule has 174 valence electrons. The Balaban J connectivity index is 1.34. The fourth-order valence-electron chi connectivity index (χ4n) is 4.37. The molecule has 1 fully saturated rings. The quantitative estimate of drug-likeness (QED) is 0.454. The first-order valence-electron chi connectivity index (χ1n) is 11.4. The van der Waals surface area contributed by atoms with Crippen molar-refractivity contribution >= 4 is 28.3 Å². The minimum Gasteiger partial charge on any atom is -0.497 e. The van der Waals surface area contributed by atoms with Gasteiger partial charge < -0.3 is 19.7 Å². The minimum atomic E-state index is -0.0545. The molecule has 4 aromatic rings. The SMILES string of the molecule is COc1ccc(Nc2ncccc2C(=O)N2CCOC[C@H](Cc3cccc4[nH]ncc34)C2)cc1. The van der Waals surface area contributed by atoms with E-state index in [9.17, 15) is 4.79 Å². The van der Waals surface area contributed by atoms with Gasteiger partial charge in [0.1, 0.15) is 11.6 Å². The lowest BCUT2D eigenvalue weighted by Gasteiger charge is -2.25. The Hall–Kier alpha value is -3.91. The Morgan fingerprint density at radius 2 is 2.09 bits per heavy atom. The first kappa shape index (κ1) is 21.9. The van der Waals surface area contributed by atoms with Crippen LogP contribution in [0.15, 0.2) is 67.0 Å². The van der Waals surface area contributed by atoms with Crippen molar-refractivity contribution in [3.63, 3.8) is 0 Å². The third-order valence-corrected chi connectivity index (χ3v) is 6.10. The maximum absolute atomic E-state index is 13.6. The summed E-state index contributed by atoms with van der Waals surface area (Å²) in [5.74, 6) is 1.43. The number of methoxy groups -OCH3 is 1. The lowest BCUT2D eigenvalue weighted by Crippen LogP contribution is -2.36. The average molecular weight is 458 g/mol. The largest absolute Gasteiger partial charge is 0.497 e. The summed E-state index contributed by atoms with van der Waals surface area (Å²) in [4.78, 5) is 19.9. The van der Waals surface area contributed by atoms with E-state index in [0.717, 1.165) is 28.8 Å². The number of rotatable bonds is 6. The molecule has 34 heavy (non-hydrogen) atoms. The molecule has 5 rings (SSSR count). The van der Waals surface area contributed by atoms with Gasteiger partial charge in [0.15, 0.2) is 0 Å². The summed E-state index contributed by atoms with van der Waals surface area (Å²) in [5.41, 5.74) is 3.59. The Kier molecular flexibility index (Phi) is 6.40. The first-order valence-corrected chi connectivity index (χ1v) is 11.4. The van der Waals surface area contributed by atoms with Crippen molar-refractivity contribution in [2.75, 3.05) is 38.7 Å². The van der Waals surface area contributed by atoms with Gasteiger partial charge in [0.05, 0.1) is 37.6 Å². The van der Waals surface area contributed by atoms with Crippen molar-refractivity contribution in [1.29, 1.82) is 0 Å². The van der Waals surface area contributed by atoms with Crippen molar-refractivity contribution in [1.82, 2.24) is 20.1 Å². The molecule has 1 amide bonds.